The van der Waals surface area contributed by atoms with Crippen LogP contribution in [0.25, 0.3) is 11.0 Å². The van der Waals surface area contributed by atoms with Crippen molar-refractivity contribution in [1.82, 2.24) is 14.5 Å². The van der Waals surface area contributed by atoms with Gasteiger partial charge in [-0.3, -0.25) is 0 Å². The largest absolute Gasteiger partial charge is 0.325 e. The molecule has 1 heterocycles. The second-order valence-corrected chi connectivity index (χ2v) is 5.70. The number of nitriles is 1. The maximum atomic E-state index is 9.23. The standard InChI is InChI=1S/C16H21ClN4/c1-4-20(5-2)9-10-21-14-8-6-7-13(11-18)15(14)19-16(21)12(3)17/h6-8,12H,4-5,9-10H2,1-3H3. The molecule has 0 aliphatic rings. The number of imidazole rings is 1. The summed E-state index contributed by atoms with van der Waals surface area (Å²) >= 11 is 6.28. The summed E-state index contributed by atoms with van der Waals surface area (Å²) in [4.78, 5) is 6.97. The number of para-hydroxylation sites is 1. The first-order chi connectivity index (χ1) is 10.1. The minimum absolute atomic E-state index is 0.180. The normalized spacial score (nSPS) is 12.8. The van der Waals surface area contributed by atoms with Gasteiger partial charge in [0.05, 0.1) is 16.5 Å². The number of hydrogen-bond donors (Lipinski definition) is 0. The van der Waals surface area contributed by atoms with Crippen molar-refractivity contribution >= 4 is 22.6 Å². The van der Waals surface area contributed by atoms with Crippen molar-refractivity contribution in [2.75, 3.05) is 19.6 Å². The third kappa shape index (κ3) is 3.20. The zero-order chi connectivity index (χ0) is 15.4. The predicted octanol–water partition coefficient (Wildman–Crippen LogP) is 3.55. The summed E-state index contributed by atoms with van der Waals surface area (Å²) in [5.41, 5.74) is 2.35. The average molecular weight is 305 g/mol. The van der Waals surface area contributed by atoms with Gasteiger partial charge in [0, 0.05) is 13.1 Å². The Labute approximate surface area is 130 Å². The topological polar surface area (TPSA) is 44.9 Å². The molecular formula is C16H21ClN4. The summed E-state index contributed by atoms with van der Waals surface area (Å²) in [6, 6.07) is 7.92. The Morgan fingerprint density at radius 3 is 2.67 bits per heavy atom. The van der Waals surface area contributed by atoms with Gasteiger partial charge in [-0.25, -0.2) is 4.98 Å². The molecule has 0 saturated carbocycles. The number of likely N-dealkylation sites (N-methyl/N-ethyl adjacent to an activating group) is 1. The van der Waals surface area contributed by atoms with E-state index in [-0.39, 0.29) is 5.38 Å². The van der Waals surface area contributed by atoms with Crippen LogP contribution in [0, 0.1) is 11.3 Å². The van der Waals surface area contributed by atoms with Crippen LogP contribution in [-0.2, 0) is 6.54 Å². The molecule has 0 aliphatic carbocycles. The van der Waals surface area contributed by atoms with E-state index >= 15 is 0 Å². The van der Waals surface area contributed by atoms with Crippen LogP contribution in [0.2, 0.25) is 0 Å². The highest BCUT2D eigenvalue weighted by Crippen LogP contribution is 2.26. The number of hydrogen-bond acceptors (Lipinski definition) is 3. The summed E-state index contributed by atoms with van der Waals surface area (Å²) in [7, 11) is 0. The molecule has 0 saturated heterocycles. The summed E-state index contributed by atoms with van der Waals surface area (Å²) in [6.07, 6.45) is 0. The Kier molecular flexibility index (Phi) is 5.22. The predicted molar refractivity (Wildman–Crippen MR) is 86.5 cm³/mol. The second-order valence-electron chi connectivity index (χ2n) is 5.05. The maximum Gasteiger partial charge on any atom is 0.127 e. The molecule has 1 atom stereocenters. The van der Waals surface area contributed by atoms with Gasteiger partial charge in [0.2, 0.25) is 0 Å². The molecule has 0 fully saturated rings. The van der Waals surface area contributed by atoms with Crippen LogP contribution in [0.3, 0.4) is 0 Å². The van der Waals surface area contributed by atoms with E-state index in [0.717, 1.165) is 43.0 Å². The molecule has 0 amide bonds. The van der Waals surface area contributed by atoms with Gasteiger partial charge in [-0.05, 0) is 32.1 Å². The zero-order valence-corrected chi connectivity index (χ0v) is 13.6. The van der Waals surface area contributed by atoms with E-state index in [1.807, 2.05) is 19.1 Å². The quantitative estimate of drug-likeness (QED) is 0.767. The monoisotopic (exact) mass is 304 g/mol. The number of alkyl halides is 1. The van der Waals surface area contributed by atoms with Crippen molar-refractivity contribution in [2.24, 2.45) is 0 Å². The van der Waals surface area contributed by atoms with E-state index in [1.54, 1.807) is 6.07 Å². The van der Waals surface area contributed by atoms with Crippen LogP contribution in [0.5, 0.6) is 0 Å². The van der Waals surface area contributed by atoms with E-state index < -0.39 is 0 Å². The average Bonchev–Trinajstić information content (AvgIpc) is 2.87. The van der Waals surface area contributed by atoms with Gasteiger partial charge in [0.15, 0.2) is 0 Å². The smallest absolute Gasteiger partial charge is 0.127 e. The van der Waals surface area contributed by atoms with Gasteiger partial charge in [-0.1, -0.05) is 19.9 Å². The number of rotatable bonds is 6. The second kappa shape index (κ2) is 6.93. The van der Waals surface area contributed by atoms with Crippen molar-refractivity contribution in [3.05, 3.63) is 29.6 Å². The Balaban J connectivity index is 2.45. The lowest BCUT2D eigenvalue weighted by molar-refractivity contribution is 0.290. The first kappa shape index (κ1) is 15.8. The minimum atomic E-state index is -0.180. The first-order valence-corrected chi connectivity index (χ1v) is 7.81. The Hall–Kier alpha value is -1.57. The van der Waals surface area contributed by atoms with Crippen molar-refractivity contribution in [2.45, 2.75) is 32.7 Å². The molecule has 0 spiro atoms. The van der Waals surface area contributed by atoms with Crippen molar-refractivity contribution < 1.29 is 0 Å². The fraction of sp³-hybridized carbons (Fsp3) is 0.500. The van der Waals surface area contributed by atoms with Gasteiger partial charge >= 0.3 is 0 Å². The summed E-state index contributed by atoms with van der Waals surface area (Å²) < 4.78 is 2.14. The number of fused-ring (bicyclic) bond motifs is 1. The number of benzene rings is 1. The SMILES string of the molecule is CCN(CC)CCn1c(C(C)Cl)nc2c(C#N)cccc21. The number of aromatic nitrogens is 2. The third-order valence-corrected chi connectivity index (χ3v) is 4.01. The highest BCUT2D eigenvalue weighted by atomic mass is 35.5. The van der Waals surface area contributed by atoms with Crippen LogP contribution < -0.4 is 0 Å². The van der Waals surface area contributed by atoms with E-state index in [0.29, 0.717) is 5.56 Å². The van der Waals surface area contributed by atoms with Crippen LogP contribution in [0.15, 0.2) is 18.2 Å². The summed E-state index contributed by atoms with van der Waals surface area (Å²) in [6.45, 7) is 10.1. The molecule has 0 N–H and O–H groups in total. The molecule has 1 unspecified atom stereocenters. The number of nitrogens with zero attached hydrogens (tertiary/aromatic N) is 4. The molecule has 1 aromatic carbocycles. The van der Waals surface area contributed by atoms with Crippen molar-refractivity contribution in [1.29, 1.82) is 5.26 Å². The molecule has 1 aromatic heterocycles. The Bertz CT molecular complexity index is 650. The fourth-order valence-corrected chi connectivity index (χ4v) is 2.74. The molecule has 2 rings (SSSR count). The zero-order valence-electron chi connectivity index (χ0n) is 12.8. The maximum absolute atomic E-state index is 9.23. The highest BCUT2D eigenvalue weighted by molar-refractivity contribution is 6.20. The van der Waals surface area contributed by atoms with Crippen molar-refractivity contribution in [3.63, 3.8) is 0 Å². The van der Waals surface area contributed by atoms with Gasteiger partial charge in [-0.15, -0.1) is 11.6 Å². The Morgan fingerprint density at radius 1 is 1.38 bits per heavy atom. The lowest BCUT2D eigenvalue weighted by Gasteiger charge is -2.19. The van der Waals surface area contributed by atoms with Crippen molar-refractivity contribution in [3.8, 4) is 6.07 Å². The molecule has 21 heavy (non-hydrogen) atoms. The van der Waals surface area contributed by atoms with E-state index in [2.05, 4.69) is 34.4 Å². The van der Waals surface area contributed by atoms with Gasteiger partial charge in [0.1, 0.15) is 17.4 Å². The van der Waals surface area contributed by atoms with E-state index in [1.165, 1.54) is 0 Å². The molecule has 0 bridgehead atoms. The fourth-order valence-electron chi connectivity index (χ4n) is 2.58. The molecule has 112 valence electrons. The molecule has 0 radical (unpaired) electrons. The molecule has 5 heteroatoms. The number of halogens is 1. The molecule has 4 nitrogen and oxygen atoms in total. The van der Waals surface area contributed by atoms with Gasteiger partial charge < -0.3 is 9.47 Å². The van der Waals surface area contributed by atoms with Crippen LogP contribution in [-0.4, -0.2) is 34.1 Å². The highest BCUT2D eigenvalue weighted by Gasteiger charge is 2.17. The Morgan fingerprint density at radius 2 is 2.10 bits per heavy atom. The third-order valence-electron chi connectivity index (χ3n) is 3.82. The molecule has 2 aromatic rings. The molecular weight excluding hydrogens is 284 g/mol. The lowest BCUT2D eigenvalue weighted by Crippen LogP contribution is -2.27. The van der Waals surface area contributed by atoms with E-state index in [4.69, 9.17) is 11.6 Å². The van der Waals surface area contributed by atoms with Crippen LogP contribution >= 0.6 is 11.6 Å². The summed E-state index contributed by atoms with van der Waals surface area (Å²) in [5.74, 6) is 0.835. The first-order valence-electron chi connectivity index (χ1n) is 7.38. The lowest BCUT2D eigenvalue weighted by atomic mass is 10.2. The minimum Gasteiger partial charge on any atom is -0.325 e. The van der Waals surface area contributed by atoms with Gasteiger partial charge in [-0.2, -0.15) is 5.26 Å². The van der Waals surface area contributed by atoms with Gasteiger partial charge in [0.25, 0.3) is 0 Å². The van der Waals surface area contributed by atoms with E-state index in [9.17, 15) is 5.26 Å². The molecule has 0 aliphatic heterocycles. The summed E-state index contributed by atoms with van der Waals surface area (Å²) in [5, 5.41) is 9.05. The van der Waals surface area contributed by atoms with Crippen LogP contribution in [0.4, 0.5) is 0 Å². The van der Waals surface area contributed by atoms with Crippen LogP contribution in [0.1, 0.15) is 37.5 Å².